The Hall–Kier alpha value is -3.49. The van der Waals surface area contributed by atoms with E-state index in [1.807, 2.05) is 9.80 Å². The molecule has 1 aromatic heterocycles. The number of nitro benzene ring substituents is 1. The van der Waals surface area contributed by atoms with Crippen LogP contribution in [0.15, 0.2) is 48.5 Å². The van der Waals surface area contributed by atoms with Crippen molar-refractivity contribution in [2.45, 2.75) is 30.9 Å². The summed E-state index contributed by atoms with van der Waals surface area (Å²) in [7, 11) is -3.42. The summed E-state index contributed by atoms with van der Waals surface area (Å²) in [6, 6.07) is 11.5. The molecule has 3 aromatic rings. The van der Waals surface area contributed by atoms with E-state index in [0.717, 1.165) is 23.4 Å². The lowest BCUT2D eigenvalue weighted by Gasteiger charge is -2.40. The van der Waals surface area contributed by atoms with Crippen molar-refractivity contribution in [3.8, 4) is 11.3 Å². The fourth-order valence-corrected chi connectivity index (χ4v) is 6.98. The number of benzene rings is 2. The highest BCUT2D eigenvalue weighted by Crippen LogP contribution is 2.33. The van der Waals surface area contributed by atoms with Crippen LogP contribution in [0.2, 0.25) is 0 Å². The summed E-state index contributed by atoms with van der Waals surface area (Å²) in [5, 5.41) is 18.1. The molecule has 0 aliphatic carbocycles. The van der Waals surface area contributed by atoms with Gasteiger partial charge in [-0.2, -0.15) is 18.3 Å². The molecule has 5 rings (SSSR count). The second-order valence-corrected chi connectivity index (χ2v) is 12.7. The molecule has 0 saturated carbocycles. The number of para-hydroxylation sites is 2. The fourth-order valence-electron chi connectivity index (χ4n) is 5.69. The zero-order valence-electron chi connectivity index (χ0n) is 22.5. The van der Waals surface area contributed by atoms with Crippen LogP contribution in [0.4, 0.5) is 24.5 Å². The summed E-state index contributed by atoms with van der Waals surface area (Å²) >= 11 is 0. The van der Waals surface area contributed by atoms with Crippen molar-refractivity contribution in [2.24, 2.45) is 0 Å². The molecule has 1 atom stereocenters. The minimum absolute atomic E-state index is 0.0278. The van der Waals surface area contributed by atoms with Gasteiger partial charge in [0.25, 0.3) is 5.69 Å². The first-order chi connectivity index (χ1) is 19.4. The summed E-state index contributed by atoms with van der Waals surface area (Å²) in [5.41, 5.74) is 2.86. The third-order valence-electron chi connectivity index (χ3n) is 7.83. The van der Waals surface area contributed by atoms with E-state index in [1.54, 1.807) is 18.2 Å². The van der Waals surface area contributed by atoms with Gasteiger partial charge < -0.3 is 4.90 Å². The van der Waals surface area contributed by atoms with E-state index in [4.69, 9.17) is 0 Å². The van der Waals surface area contributed by atoms with E-state index in [2.05, 4.69) is 15.1 Å². The molecule has 0 bridgehead atoms. The number of aromatic amines is 1. The molecular weight excluding hydrogens is 561 g/mol. The highest BCUT2D eigenvalue weighted by Gasteiger charge is 2.34. The van der Waals surface area contributed by atoms with Crippen LogP contribution in [-0.4, -0.2) is 84.2 Å². The highest BCUT2D eigenvalue weighted by molar-refractivity contribution is 7.91. The van der Waals surface area contributed by atoms with Gasteiger partial charge in [-0.1, -0.05) is 24.3 Å². The number of halogens is 3. The molecule has 1 fully saturated rings. The van der Waals surface area contributed by atoms with Gasteiger partial charge in [-0.05, 0) is 24.6 Å². The van der Waals surface area contributed by atoms with Crippen LogP contribution in [0.3, 0.4) is 0 Å². The van der Waals surface area contributed by atoms with Gasteiger partial charge in [0.05, 0.1) is 16.2 Å². The maximum Gasteiger partial charge on any atom is 0.416 e. The number of nitrogens with one attached hydrogen (secondary N) is 1. The van der Waals surface area contributed by atoms with Crippen molar-refractivity contribution in [1.29, 1.82) is 0 Å². The molecular formula is C27H31F3N6O4S. The van der Waals surface area contributed by atoms with Crippen LogP contribution in [0.25, 0.3) is 11.3 Å². The van der Waals surface area contributed by atoms with E-state index in [9.17, 15) is 31.7 Å². The van der Waals surface area contributed by atoms with Gasteiger partial charge in [0.2, 0.25) is 0 Å². The Kier molecular flexibility index (Phi) is 8.08. The van der Waals surface area contributed by atoms with Gasteiger partial charge in [0, 0.05) is 81.4 Å². The molecule has 1 saturated heterocycles. The number of nitrogens with zero attached hydrogens (tertiary/aromatic N) is 5. The SMILES string of the molecule is CS(=O)(=O)C(CCN1CCc2[nH]nc(-c3ccc(C(F)(F)F)cc3)c2C1)N1CCN(c2ccccc2[N+](=O)[O-])CC1. The lowest BCUT2D eigenvalue weighted by Crippen LogP contribution is -2.53. The summed E-state index contributed by atoms with van der Waals surface area (Å²) in [5.74, 6) is 0. The third-order valence-corrected chi connectivity index (χ3v) is 9.35. The summed E-state index contributed by atoms with van der Waals surface area (Å²) in [6.07, 6.45) is -2.13. The monoisotopic (exact) mass is 592 g/mol. The van der Waals surface area contributed by atoms with Crippen LogP contribution >= 0.6 is 0 Å². The Morgan fingerprint density at radius 3 is 2.37 bits per heavy atom. The standard InChI is InChI=1S/C27H31F3N6O4S/c1-41(39,40)25(35-16-14-34(15-17-35)23-4-2-3-5-24(23)36(37)38)11-13-33-12-10-22-21(18-33)26(32-31-22)19-6-8-20(9-7-19)27(28,29)30/h2-9,25H,10-18H2,1H3,(H,31,32). The number of rotatable bonds is 8. The van der Waals surface area contributed by atoms with Gasteiger partial charge in [-0.15, -0.1) is 0 Å². The maximum atomic E-state index is 13.0. The van der Waals surface area contributed by atoms with E-state index in [1.165, 1.54) is 24.5 Å². The van der Waals surface area contributed by atoms with Crippen LogP contribution < -0.4 is 4.90 Å². The minimum atomic E-state index is -4.41. The molecule has 2 aromatic carbocycles. The third kappa shape index (κ3) is 6.39. The van der Waals surface area contributed by atoms with Gasteiger partial charge in [0.1, 0.15) is 11.1 Å². The second kappa shape index (κ2) is 11.4. The lowest BCUT2D eigenvalue weighted by molar-refractivity contribution is -0.384. The zero-order chi connectivity index (χ0) is 29.4. The second-order valence-electron chi connectivity index (χ2n) is 10.5. The van der Waals surface area contributed by atoms with Crippen LogP contribution in [-0.2, 0) is 29.0 Å². The smallest absolute Gasteiger partial charge is 0.363 e. The largest absolute Gasteiger partial charge is 0.416 e. The summed E-state index contributed by atoms with van der Waals surface area (Å²) in [4.78, 5) is 17.0. The number of anilines is 1. The van der Waals surface area contributed by atoms with E-state index in [0.29, 0.717) is 75.6 Å². The van der Waals surface area contributed by atoms with Crippen molar-refractivity contribution < 1.29 is 26.5 Å². The molecule has 41 heavy (non-hydrogen) atoms. The number of alkyl halides is 3. The molecule has 0 spiro atoms. The number of hydrogen-bond donors (Lipinski definition) is 1. The zero-order valence-corrected chi connectivity index (χ0v) is 23.3. The van der Waals surface area contributed by atoms with E-state index in [-0.39, 0.29) is 5.69 Å². The predicted molar refractivity (Wildman–Crippen MR) is 148 cm³/mol. The van der Waals surface area contributed by atoms with Crippen LogP contribution in [0.5, 0.6) is 0 Å². The van der Waals surface area contributed by atoms with E-state index < -0.39 is 31.9 Å². The number of hydrogen-bond acceptors (Lipinski definition) is 8. The Bertz CT molecular complexity index is 1500. The van der Waals surface area contributed by atoms with Crippen molar-refractivity contribution in [3.63, 3.8) is 0 Å². The Labute approximate surface area is 235 Å². The number of piperazine rings is 1. The van der Waals surface area contributed by atoms with Crippen molar-refractivity contribution in [2.75, 3.05) is 50.4 Å². The van der Waals surface area contributed by atoms with Gasteiger partial charge in [-0.3, -0.25) is 25.0 Å². The fraction of sp³-hybridized carbons (Fsp3) is 0.444. The van der Waals surface area contributed by atoms with Crippen molar-refractivity contribution in [1.82, 2.24) is 20.0 Å². The predicted octanol–water partition coefficient (Wildman–Crippen LogP) is 3.94. The van der Waals surface area contributed by atoms with Crippen LogP contribution in [0, 0.1) is 10.1 Å². The molecule has 0 radical (unpaired) electrons. The normalized spacial score (nSPS) is 17.8. The molecule has 1 unspecified atom stereocenters. The molecule has 2 aliphatic rings. The summed E-state index contributed by atoms with van der Waals surface area (Å²) in [6.45, 7) is 3.55. The quantitative estimate of drug-likeness (QED) is 0.309. The lowest BCUT2D eigenvalue weighted by atomic mass is 10.00. The average Bonchev–Trinajstić information content (AvgIpc) is 3.36. The number of aromatic nitrogens is 2. The maximum absolute atomic E-state index is 13.0. The van der Waals surface area contributed by atoms with E-state index >= 15 is 0 Å². The topological polar surface area (TPSA) is 116 Å². The van der Waals surface area contributed by atoms with Gasteiger partial charge in [-0.25, -0.2) is 8.42 Å². The highest BCUT2D eigenvalue weighted by atomic mass is 32.2. The Morgan fingerprint density at radius 1 is 1.05 bits per heavy atom. The Balaban J connectivity index is 1.24. The molecule has 220 valence electrons. The first-order valence-corrected chi connectivity index (χ1v) is 15.2. The molecule has 1 N–H and O–H groups in total. The number of sulfone groups is 1. The van der Waals surface area contributed by atoms with Gasteiger partial charge >= 0.3 is 6.18 Å². The minimum Gasteiger partial charge on any atom is -0.363 e. The van der Waals surface area contributed by atoms with Crippen LogP contribution in [0.1, 0.15) is 23.2 Å². The number of H-pyrrole nitrogens is 1. The molecule has 2 aliphatic heterocycles. The molecule has 14 heteroatoms. The number of fused-ring (bicyclic) bond motifs is 1. The first kappa shape index (κ1) is 29.0. The molecule has 0 amide bonds. The van der Waals surface area contributed by atoms with Crippen molar-refractivity contribution in [3.05, 3.63) is 75.5 Å². The number of nitro groups is 1. The average molecular weight is 593 g/mol. The first-order valence-electron chi connectivity index (χ1n) is 13.3. The molecule has 10 nitrogen and oxygen atoms in total. The van der Waals surface area contributed by atoms with Crippen molar-refractivity contribution >= 4 is 21.2 Å². The molecule has 3 heterocycles. The Morgan fingerprint density at radius 2 is 1.73 bits per heavy atom. The van der Waals surface area contributed by atoms with Gasteiger partial charge in [0.15, 0.2) is 9.84 Å². The summed E-state index contributed by atoms with van der Waals surface area (Å²) < 4.78 is 64.7.